The van der Waals surface area contributed by atoms with Crippen molar-refractivity contribution in [3.63, 3.8) is 0 Å². The number of amides is 1. The molecule has 4 heteroatoms. The van der Waals surface area contributed by atoms with E-state index < -0.39 is 6.04 Å². The number of carbonyl (C=O) groups excluding carboxylic acids is 1. The van der Waals surface area contributed by atoms with Gasteiger partial charge in [-0.25, -0.2) is 0 Å². The van der Waals surface area contributed by atoms with Gasteiger partial charge < -0.3 is 10.6 Å². The molecule has 0 fully saturated rings. The van der Waals surface area contributed by atoms with Crippen LogP contribution in [0.15, 0.2) is 12.7 Å². The molecule has 0 spiro atoms. The highest BCUT2D eigenvalue weighted by Crippen LogP contribution is 2.08. The summed E-state index contributed by atoms with van der Waals surface area (Å²) in [6, 6.07) is -0.190. The first-order valence-corrected chi connectivity index (χ1v) is 6.56. The fourth-order valence-corrected chi connectivity index (χ4v) is 1.82. The van der Waals surface area contributed by atoms with Crippen molar-refractivity contribution in [2.24, 2.45) is 5.73 Å². The van der Waals surface area contributed by atoms with Crippen molar-refractivity contribution in [3.8, 4) is 0 Å². The van der Waals surface area contributed by atoms with Crippen LogP contribution < -0.4 is 5.73 Å². The fraction of sp³-hybridized carbons (Fsp3) is 0.727. The molecule has 0 saturated heterocycles. The van der Waals surface area contributed by atoms with Gasteiger partial charge in [0.15, 0.2) is 0 Å². The number of hydrogen-bond donors (Lipinski definition) is 1. The molecule has 1 amide bonds. The quantitative estimate of drug-likeness (QED) is 0.674. The van der Waals surface area contributed by atoms with E-state index in [0.717, 1.165) is 12.2 Å². The van der Waals surface area contributed by atoms with Crippen molar-refractivity contribution in [3.05, 3.63) is 12.7 Å². The molecule has 2 unspecified atom stereocenters. The lowest BCUT2D eigenvalue weighted by Gasteiger charge is -2.27. The summed E-state index contributed by atoms with van der Waals surface area (Å²) in [4.78, 5) is 13.5. The summed E-state index contributed by atoms with van der Waals surface area (Å²) in [6.07, 6.45) is 5.30. The number of hydrogen-bond acceptors (Lipinski definition) is 3. The monoisotopic (exact) mass is 230 g/mol. The van der Waals surface area contributed by atoms with Gasteiger partial charge in [-0.3, -0.25) is 4.79 Å². The molecular weight excluding hydrogens is 208 g/mol. The number of likely N-dealkylation sites (N-methyl/N-ethyl adjacent to an activating group) is 1. The molecule has 2 atom stereocenters. The van der Waals surface area contributed by atoms with Crippen molar-refractivity contribution in [2.45, 2.75) is 31.8 Å². The number of carbonyl (C=O) groups is 1. The Morgan fingerprint density at radius 3 is 2.73 bits per heavy atom. The van der Waals surface area contributed by atoms with E-state index in [0.29, 0.717) is 6.42 Å². The topological polar surface area (TPSA) is 46.3 Å². The van der Waals surface area contributed by atoms with Gasteiger partial charge >= 0.3 is 0 Å². The summed E-state index contributed by atoms with van der Waals surface area (Å²) < 4.78 is 0. The Kier molecular flexibility index (Phi) is 7.52. The Hall–Kier alpha value is -0.480. The van der Waals surface area contributed by atoms with Gasteiger partial charge in [-0.1, -0.05) is 6.08 Å². The zero-order valence-electron chi connectivity index (χ0n) is 9.90. The van der Waals surface area contributed by atoms with Gasteiger partial charge in [-0.2, -0.15) is 11.8 Å². The molecule has 0 aromatic carbocycles. The molecule has 15 heavy (non-hydrogen) atoms. The first-order valence-electron chi connectivity index (χ1n) is 5.16. The van der Waals surface area contributed by atoms with Gasteiger partial charge in [0.25, 0.3) is 0 Å². The molecule has 0 aliphatic heterocycles. The lowest BCUT2D eigenvalue weighted by Crippen LogP contribution is -2.45. The zero-order valence-corrected chi connectivity index (χ0v) is 10.7. The zero-order chi connectivity index (χ0) is 11.8. The first kappa shape index (κ1) is 14.5. The van der Waals surface area contributed by atoms with Crippen LogP contribution in [-0.2, 0) is 4.79 Å². The van der Waals surface area contributed by atoms with E-state index in [2.05, 4.69) is 19.8 Å². The summed E-state index contributed by atoms with van der Waals surface area (Å²) in [5.74, 6) is 1.07. The van der Waals surface area contributed by atoms with Crippen LogP contribution in [0.5, 0.6) is 0 Å². The minimum Gasteiger partial charge on any atom is -0.342 e. The van der Waals surface area contributed by atoms with Gasteiger partial charge in [0.2, 0.25) is 5.91 Å². The maximum Gasteiger partial charge on any atom is 0.239 e. The van der Waals surface area contributed by atoms with Crippen LogP contribution in [-0.4, -0.2) is 41.9 Å². The van der Waals surface area contributed by atoms with Gasteiger partial charge in [0, 0.05) is 13.1 Å². The molecule has 0 saturated carbocycles. The smallest absolute Gasteiger partial charge is 0.239 e. The maximum absolute atomic E-state index is 11.8. The number of nitrogens with zero attached hydrogens (tertiary/aromatic N) is 1. The van der Waals surface area contributed by atoms with Crippen molar-refractivity contribution >= 4 is 17.7 Å². The van der Waals surface area contributed by atoms with Crippen LogP contribution in [0.2, 0.25) is 0 Å². The van der Waals surface area contributed by atoms with Gasteiger partial charge in [-0.05, 0) is 31.8 Å². The predicted octanol–water partition coefficient (Wildman–Crippen LogP) is 1.49. The standard InChI is InChI=1S/C11H22N2OS/c1-5-6-10(12)11(14)13(3)9(2)7-8-15-4/h5,9-10H,1,6-8,12H2,2-4H3. The van der Waals surface area contributed by atoms with E-state index in [4.69, 9.17) is 5.73 Å². The van der Waals surface area contributed by atoms with Crippen LogP contribution in [0.3, 0.4) is 0 Å². The van der Waals surface area contributed by atoms with Gasteiger partial charge in [0.05, 0.1) is 6.04 Å². The maximum atomic E-state index is 11.8. The molecule has 88 valence electrons. The predicted molar refractivity (Wildman–Crippen MR) is 68.0 cm³/mol. The highest BCUT2D eigenvalue weighted by Gasteiger charge is 2.20. The second kappa shape index (κ2) is 7.77. The first-order chi connectivity index (χ1) is 7.04. The molecule has 0 rings (SSSR count). The molecule has 0 bridgehead atoms. The van der Waals surface area contributed by atoms with E-state index in [1.807, 2.05) is 7.05 Å². The number of thioether (sulfide) groups is 1. The molecular formula is C11H22N2OS. The minimum atomic E-state index is -0.441. The van der Waals surface area contributed by atoms with Gasteiger partial charge in [-0.15, -0.1) is 6.58 Å². The fourth-order valence-electron chi connectivity index (χ4n) is 1.24. The van der Waals surface area contributed by atoms with Crippen LogP contribution >= 0.6 is 11.8 Å². The Bertz CT molecular complexity index is 209. The Morgan fingerprint density at radius 2 is 2.27 bits per heavy atom. The Morgan fingerprint density at radius 1 is 1.67 bits per heavy atom. The molecule has 0 heterocycles. The molecule has 0 aromatic heterocycles. The summed E-state index contributed by atoms with van der Waals surface area (Å²) in [5.41, 5.74) is 5.73. The summed E-state index contributed by atoms with van der Waals surface area (Å²) >= 11 is 1.79. The van der Waals surface area contributed by atoms with Crippen LogP contribution in [0, 0.1) is 0 Å². The van der Waals surface area contributed by atoms with E-state index in [9.17, 15) is 4.79 Å². The Balaban J connectivity index is 4.11. The second-order valence-electron chi connectivity index (χ2n) is 3.71. The van der Waals surface area contributed by atoms with E-state index in [1.54, 1.807) is 22.7 Å². The minimum absolute atomic E-state index is 0.00324. The Labute approximate surface area is 97.1 Å². The average molecular weight is 230 g/mol. The van der Waals surface area contributed by atoms with Crippen molar-refractivity contribution in [2.75, 3.05) is 19.1 Å². The number of rotatable bonds is 7. The largest absolute Gasteiger partial charge is 0.342 e. The van der Waals surface area contributed by atoms with Crippen LogP contribution in [0.1, 0.15) is 19.8 Å². The average Bonchev–Trinajstić information content (AvgIpc) is 2.24. The SMILES string of the molecule is C=CCC(N)C(=O)N(C)C(C)CCSC. The molecule has 3 nitrogen and oxygen atoms in total. The van der Waals surface area contributed by atoms with Crippen LogP contribution in [0.4, 0.5) is 0 Å². The van der Waals surface area contributed by atoms with Crippen LogP contribution in [0.25, 0.3) is 0 Å². The lowest BCUT2D eigenvalue weighted by atomic mass is 10.1. The van der Waals surface area contributed by atoms with Crippen molar-refractivity contribution in [1.29, 1.82) is 0 Å². The third-order valence-electron chi connectivity index (χ3n) is 2.49. The lowest BCUT2D eigenvalue weighted by molar-refractivity contribution is -0.133. The van der Waals surface area contributed by atoms with E-state index in [1.165, 1.54) is 0 Å². The molecule has 0 aliphatic rings. The van der Waals surface area contributed by atoms with Gasteiger partial charge in [0.1, 0.15) is 0 Å². The van der Waals surface area contributed by atoms with Crippen molar-refractivity contribution in [1.82, 2.24) is 4.90 Å². The highest BCUT2D eigenvalue weighted by molar-refractivity contribution is 7.98. The number of nitrogens with two attached hydrogens (primary N) is 1. The highest BCUT2D eigenvalue weighted by atomic mass is 32.2. The summed E-state index contributed by atoms with van der Waals surface area (Å²) in [7, 11) is 1.82. The molecule has 0 aliphatic carbocycles. The molecule has 0 radical (unpaired) electrons. The van der Waals surface area contributed by atoms with Crippen molar-refractivity contribution < 1.29 is 4.79 Å². The third-order valence-corrected chi connectivity index (χ3v) is 3.13. The summed E-state index contributed by atoms with van der Waals surface area (Å²) in [6.45, 7) is 5.63. The van der Waals surface area contributed by atoms with E-state index in [-0.39, 0.29) is 11.9 Å². The van der Waals surface area contributed by atoms with E-state index >= 15 is 0 Å². The molecule has 2 N–H and O–H groups in total. The second-order valence-corrected chi connectivity index (χ2v) is 4.70. The molecule has 0 aromatic rings. The summed E-state index contributed by atoms with van der Waals surface area (Å²) in [5, 5.41) is 0. The normalized spacial score (nSPS) is 14.4. The third kappa shape index (κ3) is 5.23.